The SMILES string of the molecule is Cc1ccc(CC(=O)N2CCC[C@@H](n3ccnc3C(C)C)C2)cn1. The zero-order valence-corrected chi connectivity index (χ0v) is 14.8. The number of piperidine rings is 1. The topological polar surface area (TPSA) is 51.0 Å². The van der Waals surface area contributed by atoms with Crippen LogP contribution in [0.5, 0.6) is 0 Å². The second kappa shape index (κ2) is 7.16. The standard InChI is InChI=1S/C19H26N4O/c1-14(2)19-20-8-10-23(19)17-5-4-9-22(13-17)18(24)11-16-7-6-15(3)21-12-16/h6-8,10,12,14,17H,4-5,9,11,13H2,1-3H3/t17-/m1/s1. The zero-order valence-electron chi connectivity index (χ0n) is 14.8. The fourth-order valence-electron chi connectivity index (χ4n) is 3.38. The normalized spacial score (nSPS) is 18.2. The third kappa shape index (κ3) is 3.66. The van der Waals surface area contributed by atoms with Gasteiger partial charge in [-0.1, -0.05) is 19.9 Å². The van der Waals surface area contributed by atoms with E-state index in [4.69, 9.17) is 0 Å². The van der Waals surface area contributed by atoms with Crippen molar-refractivity contribution in [3.05, 3.63) is 47.8 Å². The number of pyridine rings is 1. The number of amides is 1. The molecule has 128 valence electrons. The maximum absolute atomic E-state index is 12.7. The first-order valence-electron chi connectivity index (χ1n) is 8.76. The van der Waals surface area contributed by atoms with Crippen LogP contribution in [0.25, 0.3) is 0 Å². The van der Waals surface area contributed by atoms with Crippen LogP contribution >= 0.6 is 0 Å². The molecule has 24 heavy (non-hydrogen) atoms. The van der Waals surface area contributed by atoms with Crippen molar-refractivity contribution in [3.8, 4) is 0 Å². The molecule has 3 heterocycles. The van der Waals surface area contributed by atoms with Crippen LogP contribution in [-0.2, 0) is 11.2 Å². The highest BCUT2D eigenvalue weighted by Gasteiger charge is 2.26. The number of hydrogen-bond acceptors (Lipinski definition) is 3. The van der Waals surface area contributed by atoms with Gasteiger partial charge in [-0.25, -0.2) is 4.98 Å². The van der Waals surface area contributed by atoms with Gasteiger partial charge in [-0.15, -0.1) is 0 Å². The molecule has 0 unspecified atom stereocenters. The molecule has 0 N–H and O–H groups in total. The molecule has 1 aliphatic rings. The first-order valence-corrected chi connectivity index (χ1v) is 8.76. The summed E-state index contributed by atoms with van der Waals surface area (Å²) in [5.74, 6) is 1.69. The van der Waals surface area contributed by atoms with Crippen molar-refractivity contribution in [2.24, 2.45) is 0 Å². The Morgan fingerprint density at radius 2 is 2.17 bits per heavy atom. The second-order valence-electron chi connectivity index (χ2n) is 6.97. The van der Waals surface area contributed by atoms with E-state index in [-0.39, 0.29) is 5.91 Å². The maximum atomic E-state index is 12.7. The number of nitrogens with zero attached hydrogens (tertiary/aromatic N) is 4. The molecule has 2 aromatic rings. The Kier molecular flexibility index (Phi) is 4.97. The predicted octanol–water partition coefficient (Wildman–Crippen LogP) is 3.12. The number of rotatable bonds is 4. The van der Waals surface area contributed by atoms with E-state index in [1.165, 1.54) is 0 Å². The van der Waals surface area contributed by atoms with Crippen molar-refractivity contribution in [1.29, 1.82) is 0 Å². The summed E-state index contributed by atoms with van der Waals surface area (Å²) in [4.78, 5) is 23.4. The van der Waals surface area contributed by atoms with E-state index in [0.717, 1.165) is 43.0 Å². The van der Waals surface area contributed by atoms with Crippen LogP contribution in [0.1, 0.15) is 55.7 Å². The average molecular weight is 326 g/mol. The number of likely N-dealkylation sites (tertiary alicyclic amines) is 1. The smallest absolute Gasteiger partial charge is 0.227 e. The third-order valence-corrected chi connectivity index (χ3v) is 4.69. The Morgan fingerprint density at radius 1 is 1.33 bits per heavy atom. The van der Waals surface area contributed by atoms with E-state index < -0.39 is 0 Å². The summed E-state index contributed by atoms with van der Waals surface area (Å²) in [6.07, 6.45) is 8.30. The lowest BCUT2D eigenvalue weighted by Gasteiger charge is -2.34. The molecule has 0 saturated carbocycles. The van der Waals surface area contributed by atoms with Gasteiger partial charge in [-0.3, -0.25) is 9.78 Å². The molecule has 1 amide bonds. The van der Waals surface area contributed by atoms with E-state index in [0.29, 0.717) is 18.4 Å². The number of aryl methyl sites for hydroxylation is 1. The Bertz CT molecular complexity index is 690. The lowest BCUT2D eigenvalue weighted by Crippen LogP contribution is -2.41. The van der Waals surface area contributed by atoms with Gasteiger partial charge in [0.2, 0.25) is 5.91 Å². The molecule has 5 nitrogen and oxygen atoms in total. The lowest BCUT2D eigenvalue weighted by atomic mass is 10.0. The molecule has 0 aromatic carbocycles. The van der Waals surface area contributed by atoms with Gasteiger partial charge >= 0.3 is 0 Å². The molecular formula is C19H26N4O. The fraction of sp³-hybridized carbons (Fsp3) is 0.526. The van der Waals surface area contributed by atoms with Crippen LogP contribution in [0.2, 0.25) is 0 Å². The Hall–Kier alpha value is -2.17. The van der Waals surface area contributed by atoms with Gasteiger partial charge < -0.3 is 9.47 Å². The number of aromatic nitrogens is 3. The summed E-state index contributed by atoms with van der Waals surface area (Å²) < 4.78 is 2.26. The summed E-state index contributed by atoms with van der Waals surface area (Å²) in [5, 5.41) is 0. The van der Waals surface area contributed by atoms with Gasteiger partial charge in [0.1, 0.15) is 5.82 Å². The van der Waals surface area contributed by atoms with Crippen LogP contribution < -0.4 is 0 Å². The highest BCUT2D eigenvalue weighted by atomic mass is 16.2. The zero-order chi connectivity index (χ0) is 17.1. The quantitative estimate of drug-likeness (QED) is 0.867. The average Bonchev–Trinajstić information content (AvgIpc) is 3.07. The van der Waals surface area contributed by atoms with Crippen LogP contribution in [0.4, 0.5) is 0 Å². The molecule has 1 saturated heterocycles. The molecule has 5 heteroatoms. The van der Waals surface area contributed by atoms with Crippen molar-refractivity contribution in [2.45, 2.75) is 52.0 Å². The van der Waals surface area contributed by atoms with Crippen molar-refractivity contribution in [1.82, 2.24) is 19.4 Å². The number of carbonyl (C=O) groups is 1. The van der Waals surface area contributed by atoms with Crippen LogP contribution in [0.3, 0.4) is 0 Å². The van der Waals surface area contributed by atoms with Crippen LogP contribution in [0.15, 0.2) is 30.7 Å². The van der Waals surface area contributed by atoms with Gasteiger partial charge in [0.05, 0.1) is 12.5 Å². The van der Waals surface area contributed by atoms with Crippen molar-refractivity contribution >= 4 is 5.91 Å². The molecule has 2 aromatic heterocycles. The third-order valence-electron chi connectivity index (χ3n) is 4.69. The molecule has 1 fully saturated rings. The molecule has 0 spiro atoms. The summed E-state index contributed by atoms with van der Waals surface area (Å²) in [6.45, 7) is 7.90. The predicted molar refractivity (Wildman–Crippen MR) is 93.8 cm³/mol. The Labute approximate surface area is 143 Å². The van der Waals surface area contributed by atoms with E-state index in [1.54, 1.807) is 6.20 Å². The van der Waals surface area contributed by atoms with Crippen molar-refractivity contribution in [3.63, 3.8) is 0 Å². The molecule has 3 rings (SSSR count). The van der Waals surface area contributed by atoms with E-state index in [2.05, 4.69) is 34.6 Å². The highest BCUT2D eigenvalue weighted by Crippen LogP contribution is 2.25. The Balaban J connectivity index is 1.67. The van der Waals surface area contributed by atoms with Crippen LogP contribution in [0, 0.1) is 6.92 Å². The first-order chi connectivity index (χ1) is 11.5. The van der Waals surface area contributed by atoms with Crippen molar-refractivity contribution in [2.75, 3.05) is 13.1 Å². The molecule has 1 aliphatic heterocycles. The largest absolute Gasteiger partial charge is 0.340 e. The molecule has 1 atom stereocenters. The maximum Gasteiger partial charge on any atom is 0.227 e. The van der Waals surface area contributed by atoms with E-state index >= 15 is 0 Å². The highest BCUT2D eigenvalue weighted by molar-refractivity contribution is 5.78. The van der Waals surface area contributed by atoms with Gasteiger partial charge in [0.15, 0.2) is 0 Å². The van der Waals surface area contributed by atoms with E-state index in [9.17, 15) is 4.79 Å². The van der Waals surface area contributed by atoms with Gasteiger partial charge in [-0.05, 0) is 31.4 Å². The molecule has 0 bridgehead atoms. The number of hydrogen-bond donors (Lipinski definition) is 0. The second-order valence-corrected chi connectivity index (χ2v) is 6.97. The lowest BCUT2D eigenvalue weighted by molar-refractivity contribution is -0.132. The van der Waals surface area contributed by atoms with Gasteiger partial charge in [0, 0.05) is 43.3 Å². The number of carbonyl (C=O) groups excluding carboxylic acids is 1. The minimum Gasteiger partial charge on any atom is -0.340 e. The summed E-state index contributed by atoms with van der Waals surface area (Å²) in [7, 11) is 0. The van der Waals surface area contributed by atoms with Crippen LogP contribution in [-0.4, -0.2) is 38.4 Å². The first kappa shape index (κ1) is 16.7. The summed E-state index contributed by atoms with van der Waals surface area (Å²) in [5.41, 5.74) is 1.96. The minimum atomic E-state index is 0.191. The van der Waals surface area contributed by atoms with E-state index in [1.807, 2.05) is 30.2 Å². The molecule has 0 radical (unpaired) electrons. The minimum absolute atomic E-state index is 0.191. The van der Waals surface area contributed by atoms with Crippen molar-refractivity contribution < 1.29 is 4.79 Å². The summed E-state index contributed by atoms with van der Waals surface area (Å²) >= 11 is 0. The number of imidazole rings is 1. The summed E-state index contributed by atoms with van der Waals surface area (Å²) in [6, 6.07) is 4.29. The Morgan fingerprint density at radius 3 is 2.88 bits per heavy atom. The monoisotopic (exact) mass is 326 g/mol. The van der Waals surface area contributed by atoms with Gasteiger partial charge in [0.25, 0.3) is 0 Å². The molecular weight excluding hydrogens is 300 g/mol. The fourth-order valence-corrected chi connectivity index (χ4v) is 3.38. The molecule has 0 aliphatic carbocycles. The van der Waals surface area contributed by atoms with Gasteiger partial charge in [-0.2, -0.15) is 0 Å².